The highest BCUT2D eigenvalue weighted by Crippen LogP contribution is 2.16. The van der Waals surface area contributed by atoms with Gasteiger partial charge in [0.05, 0.1) is 0 Å². The van der Waals surface area contributed by atoms with E-state index in [0.29, 0.717) is 0 Å². The number of halogens is 2. The van der Waals surface area contributed by atoms with Crippen LogP contribution in [0.5, 0.6) is 0 Å². The SMILES string of the molecule is COC(CCC=CCCCCCCCCCCCCCCBr)OC(CCC=CCCCCCCCCCCCCCCBr)OC. The van der Waals surface area contributed by atoms with Gasteiger partial charge in [-0.05, 0) is 51.4 Å². The first kappa shape index (κ1) is 45.3. The van der Waals surface area contributed by atoms with Crippen LogP contribution in [0.2, 0.25) is 0 Å². The van der Waals surface area contributed by atoms with Crippen molar-refractivity contribution in [2.24, 2.45) is 0 Å². The number of unbranched alkanes of at least 4 members (excludes halogenated alkanes) is 24. The van der Waals surface area contributed by atoms with E-state index >= 15 is 0 Å². The summed E-state index contributed by atoms with van der Waals surface area (Å²) in [5.74, 6) is 0. The Labute approximate surface area is 299 Å². The zero-order chi connectivity index (χ0) is 32.7. The summed E-state index contributed by atoms with van der Waals surface area (Å²) >= 11 is 7.03. The topological polar surface area (TPSA) is 27.7 Å². The molecule has 0 N–H and O–H groups in total. The molecule has 0 saturated carbocycles. The van der Waals surface area contributed by atoms with Crippen molar-refractivity contribution in [3.63, 3.8) is 0 Å². The van der Waals surface area contributed by atoms with E-state index in [-0.39, 0.29) is 12.6 Å². The maximum absolute atomic E-state index is 6.09. The van der Waals surface area contributed by atoms with Crippen LogP contribution in [-0.4, -0.2) is 37.5 Å². The van der Waals surface area contributed by atoms with Crippen molar-refractivity contribution in [1.29, 1.82) is 0 Å². The van der Waals surface area contributed by atoms with Crippen LogP contribution in [0.15, 0.2) is 24.3 Å². The van der Waals surface area contributed by atoms with Gasteiger partial charge in [0.2, 0.25) is 0 Å². The molecule has 0 aliphatic rings. The summed E-state index contributed by atoms with van der Waals surface area (Å²) in [6.07, 6.45) is 48.6. The lowest BCUT2D eigenvalue weighted by atomic mass is 10.0. The van der Waals surface area contributed by atoms with Gasteiger partial charge in [0.15, 0.2) is 12.6 Å². The third-order valence-electron chi connectivity index (χ3n) is 8.81. The zero-order valence-corrected chi connectivity index (χ0v) is 33.2. The second-order valence-electron chi connectivity index (χ2n) is 13.0. The van der Waals surface area contributed by atoms with E-state index in [1.807, 2.05) is 0 Å². The fourth-order valence-electron chi connectivity index (χ4n) is 5.84. The first-order chi connectivity index (χ1) is 22.3. The number of allylic oxidation sites excluding steroid dienone is 4. The molecule has 0 heterocycles. The summed E-state index contributed by atoms with van der Waals surface area (Å²) < 4.78 is 17.3. The van der Waals surface area contributed by atoms with Crippen LogP contribution >= 0.6 is 31.9 Å². The van der Waals surface area contributed by atoms with E-state index in [1.165, 1.54) is 178 Å². The minimum atomic E-state index is -0.206. The molecular weight excluding hydrogens is 688 g/mol. The Hall–Kier alpha value is 0.320. The minimum Gasteiger partial charge on any atom is -0.356 e. The summed E-state index contributed by atoms with van der Waals surface area (Å²) in [6.45, 7) is 0. The van der Waals surface area contributed by atoms with Crippen LogP contribution in [0.25, 0.3) is 0 Å². The predicted molar refractivity (Wildman–Crippen MR) is 207 cm³/mol. The van der Waals surface area contributed by atoms with Crippen LogP contribution in [0.3, 0.4) is 0 Å². The van der Waals surface area contributed by atoms with Crippen molar-refractivity contribution in [2.45, 2.75) is 205 Å². The molecule has 0 rings (SSSR count). The number of alkyl halides is 2. The van der Waals surface area contributed by atoms with Gasteiger partial charge >= 0.3 is 0 Å². The molecule has 3 nitrogen and oxygen atoms in total. The van der Waals surface area contributed by atoms with Gasteiger partial charge in [-0.3, -0.25) is 0 Å². The Morgan fingerprint density at radius 3 is 0.867 bits per heavy atom. The zero-order valence-electron chi connectivity index (χ0n) is 30.1. The third kappa shape index (κ3) is 37.0. The van der Waals surface area contributed by atoms with Gasteiger partial charge in [0.1, 0.15) is 0 Å². The number of ether oxygens (including phenoxy) is 3. The van der Waals surface area contributed by atoms with Gasteiger partial charge in [-0.25, -0.2) is 0 Å². The fraction of sp³-hybridized carbons (Fsp3) is 0.900. The van der Waals surface area contributed by atoms with Crippen molar-refractivity contribution < 1.29 is 14.2 Å². The molecule has 0 aromatic rings. The average molecular weight is 765 g/mol. The van der Waals surface area contributed by atoms with Crippen molar-refractivity contribution in [1.82, 2.24) is 0 Å². The highest BCUT2D eigenvalue weighted by atomic mass is 79.9. The largest absolute Gasteiger partial charge is 0.356 e. The van der Waals surface area contributed by atoms with Crippen LogP contribution in [0.4, 0.5) is 0 Å². The molecule has 45 heavy (non-hydrogen) atoms. The van der Waals surface area contributed by atoms with Crippen molar-refractivity contribution >= 4 is 31.9 Å². The summed E-state index contributed by atoms with van der Waals surface area (Å²) in [4.78, 5) is 0. The van der Waals surface area contributed by atoms with Crippen LogP contribution < -0.4 is 0 Å². The van der Waals surface area contributed by atoms with Crippen LogP contribution in [-0.2, 0) is 14.2 Å². The molecular formula is C40H76Br2O3. The molecule has 0 aliphatic heterocycles. The number of hydrogen-bond acceptors (Lipinski definition) is 3. The van der Waals surface area contributed by atoms with Crippen molar-refractivity contribution in [2.75, 3.05) is 24.9 Å². The van der Waals surface area contributed by atoms with E-state index in [0.717, 1.165) is 25.7 Å². The third-order valence-corrected chi connectivity index (χ3v) is 9.93. The summed E-state index contributed by atoms with van der Waals surface area (Å²) in [5.41, 5.74) is 0. The van der Waals surface area contributed by atoms with Crippen LogP contribution in [0.1, 0.15) is 193 Å². The quantitative estimate of drug-likeness (QED) is 0.0271. The van der Waals surface area contributed by atoms with E-state index in [1.54, 1.807) is 14.2 Å². The van der Waals surface area contributed by atoms with Gasteiger partial charge in [0, 0.05) is 37.7 Å². The molecule has 5 heteroatoms. The monoisotopic (exact) mass is 762 g/mol. The average Bonchev–Trinajstić information content (AvgIpc) is 3.06. The predicted octanol–water partition coefficient (Wildman–Crippen LogP) is 14.6. The standard InChI is InChI=1S/C40H76Br2O3/c1-43-39(35-31-27-23-19-15-11-7-3-5-9-13-17-21-25-29-33-37-41)45-40(44-2)36-32-28-24-20-16-12-8-4-6-10-14-18-22-26-30-34-38-42/h23-24,27-28,39-40H,3-22,25-26,29-38H2,1-2H3. The van der Waals surface area contributed by atoms with Gasteiger partial charge in [-0.15, -0.1) is 0 Å². The molecule has 0 aromatic heterocycles. The first-order valence-corrected chi connectivity index (χ1v) is 21.7. The summed E-state index contributed by atoms with van der Waals surface area (Å²) in [7, 11) is 3.47. The van der Waals surface area contributed by atoms with Gasteiger partial charge in [-0.2, -0.15) is 0 Å². The van der Waals surface area contributed by atoms with Gasteiger partial charge in [0.25, 0.3) is 0 Å². The Kier molecular flexibility index (Phi) is 40.8. The van der Waals surface area contributed by atoms with E-state index < -0.39 is 0 Å². The molecule has 0 spiro atoms. The molecule has 0 bridgehead atoms. The molecule has 0 amide bonds. The van der Waals surface area contributed by atoms with Crippen LogP contribution in [0, 0.1) is 0 Å². The maximum Gasteiger partial charge on any atom is 0.160 e. The Morgan fingerprint density at radius 1 is 0.356 bits per heavy atom. The van der Waals surface area contributed by atoms with Crippen molar-refractivity contribution in [3.05, 3.63) is 24.3 Å². The first-order valence-electron chi connectivity index (χ1n) is 19.4. The number of hydrogen-bond donors (Lipinski definition) is 0. The number of rotatable bonds is 38. The molecule has 0 radical (unpaired) electrons. The molecule has 0 saturated heterocycles. The highest BCUT2D eigenvalue weighted by Gasteiger charge is 2.14. The normalized spacial score (nSPS) is 13.4. The lowest BCUT2D eigenvalue weighted by Gasteiger charge is -2.22. The van der Waals surface area contributed by atoms with Gasteiger partial charge < -0.3 is 14.2 Å². The molecule has 0 aromatic carbocycles. The Balaban J connectivity index is 3.60. The molecule has 0 fully saturated rings. The van der Waals surface area contributed by atoms with Gasteiger partial charge in [-0.1, -0.05) is 185 Å². The van der Waals surface area contributed by atoms with E-state index in [4.69, 9.17) is 14.2 Å². The van der Waals surface area contributed by atoms with E-state index in [9.17, 15) is 0 Å². The molecule has 268 valence electrons. The van der Waals surface area contributed by atoms with Crippen molar-refractivity contribution in [3.8, 4) is 0 Å². The smallest absolute Gasteiger partial charge is 0.160 e. The molecule has 0 aliphatic carbocycles. The Bertz CT molecular complexity index is 548. The Morgan fingerprint density at radius 2 is 0.600 bits per heavy atom. The highest BCUT2D eigenvalue weighted by molar-refractivity contribution is 9.09. The lowest BCUT2D eigenvalue weighted by molar-refractivity contribution is -0.232. The second-order valence-corrected chi connectivity index (χ2v) is 14.6. The minimum absolute atomic E-state index is 0.206. The molecule has 2 unspecified atom stereocenters. The molecule has 2 atom stereocenters. The maximum atomic E-state index is 6.09. The second kappa shape index (κ2) is 40.5. The summed E-state index contributed by atoms with van der Waals surface area (Å²) in [5, 5.41) is 2.33. The fourth-order valence-corrected chi connectivity index (χ4v) is 6.63. The van der Waals surface area contributed by atoms with E-state index in [2.05, 4.69) is 56.2 Å². The number of methoxy groups -OCH3 is 2. The summed E-state index contributed by atoms with van der Waals surface area (Å²) in [6, 6.07) is 0. The lowest BCUT2D eigenvalue weighted by Crippen LogP contribution is -2.25.